The molecule has 5 rings (SSSR count). The topological polar surface area (TPSA) is 86.6 Å². The van der Waals surface area contributed by atoms with Gasteiger partial charge in [0.1, 0.15) is 16.4 Å². The van der Waals surface area contributed by atoms with Crippen LogP contribution in [-0.2, 0) is 15.4 Å². The zero-order valence-electron chi connectivity index (χ0n) is 19.3. The van der Waals surface area contributed by atoms with Crippen LogP contribution in [0.2, 0.25) is 0 Å². The molecule has 1 N–H and O–H groups in total. The van der Waals surface area contributed by atoms with Gasteiger partial charge in [-0.05, 0) is 62.0 Å². The van der Waals surface area contributed by atoms with Crippen LogP contribution in [0.25, 0.3) is 5.69 Å². The van der Waals surface area contributed by atoms with Crippen molar-refractivity contribution < 1.29 is 22.7 Å². The molecule has 3 aromatic rings. The molecule has 34 heavy (non-hydrogen) atoms. The minimum Gasteiger partial charge on any atom is -0.492 e. The van der Waals surface area contributed by atoms with Gasteiger partial charge in [0.15, 0.2) is 15.4 Å². The van der Waals surface area contributed by atoms with E-state index in [4.69, 9.17) is 9.47 Å². The van der Waals surface area contributed by atoms with Crippen molar-refractivity contribution in [1.29, 1.82) is 0 Å². The van der Waals surface area contributed by atoms with Crippen LogP contribution < -0.4 is 14.8 Å². The minimum atomic E-state index is -3.59. The monoisotopic (exact) mass is 480 g/mol. The fraction of sp³-hybridized carbons (Fsp3) is 0.346. The fourth-order valence-corrected chi connectivity index (χ4v) is 5.66. The van der Waals surface area contributed by atoms with Gasteiger partial charge in [-0.1, -0.05) is 19.1 Å². The van der Waals surface area contributed by atoms with E-state index >= 15 is 0 Å². The van der Waals surface area contributed by atoms with Crippen molar-refractivity contribution in [3.05, 3.63) is 71.5 Å². The van der Waals surface area contributed by atoms with Crippen molar-refractivity contribution in [2.75, 3.05) is 26.0 Å². The lowest BCUT2D eigenvalue weighted by Crippen LogP contribution is -2.47. The first-order valence-corrected chi connectivity index (χ1v) is 13.5. The number of carbonyl (C=O) groups is 1. The van der Waals surface area contributed by atoms with Crippen molar-refractivity contribution in [2.45, 2.75) is 36.7 Å². The number of benzene rings is 2. The van der Waals surface area contributed by atoms with Gasteiger partial charge < -0.3 is 19.4 Å². The summed E-state index contributed by atoms with van der Waals surface area (Å²) in [5, 5.41) is 3.38. The number of ketones is 1. The minimum absolute atomic E-state index is 0.0239. The van der Waals surface area contributed by atoms with E-state index in [2.05, 4.69) is 5.32 Å². The molecule has 0 bridgehead atoms. The van der Waals surface area contributed by atoms with Crippen LogP contribution in [0.1, 0.15) is 47.9 Å². The van der Waals surface area contributed by atoms with Crippen molar-refractivity contribution in [3.8, 4) is 17.2 Å². The number of ether oxygens (including phenoxy) is 2. The number of aromatic nitrogens is 1. The molecule has 1 saturated heterocycles. The number of nitrogens with zero attached hydrogens (tertiary/aromatic N) is 1. The summed E-state index contributed by atoms with van der Waals surface area (Å²) in [6.07, 6.45) is 3.46. The predicted molar refractivity (Wildman–Crippen MR) is 129 cm³/mol. The summed E-state index contributed by atoms with van der Waals surface area (Å²) < 4.78 is 39.1. The van der Waals surface area contributed by atoms with Crippen molar-refractivity contribution in [2.24, 2.45) is 0 Å². The lowest BCUT2D eigenvalue weighted by molar-refractivity contribution is 0.0201. The molecule has 3 heterocycles. The van der Waals surface area contributed by atoms with Crippen molar-refractivity contribution >= 4 is 15.6 Å². The summed E-state index contributed by atoms with van der Waals surface area (Å²) in [4.78, 5) is 13.8. The molecule has 0 saturated carbocycles. The van der Waals surface area contributed by atoms with Crippen molar-refractivity contribution in [3.63, 3.8) is 0 Å². The molecule has 8 heteroatoms. The molecule has 1 fully saturated rings. The Morgan fingerprint density at radius 2 is 1.88 bits per heavy atom. The van der Waals surface area contributed by atoms with E-state index in [1.54, 1.807) is 12.1 Å². The third kappa shape index (κ3) is 3.80. The predicted octanol–water partition coefficient (Wildman–Crippen LogP) is 3.87. The standard InChI is InChI=1S/C26H28N2O5S/c1-3-16-32-22-10-8-18(17-23(22)34(2,30)31)25(29)20-9-11-24-26(12-14-27-15-13-26)33-21-7-5-4-6-19(21)28(20)24/h4-11,17,27H,3,12-16H2,1-2H3. The number of nitrogens with one attached hydrogen (secondary N) is 1. The Bertz CT molecular complexity index is 1350. The molecule has 2 aromatic carbocycles. The highest BCUT2D eigenvalue weighted by atomic mass is 32.2. The van der Waals surface area contributed by atoms with Crippen LogP contribution in [0.5, 0.6) is 11.5 Å². The van der Waals surface area contributed by atoms with Gasteiger partial charge in [-0.3, -0.25) is 4.79 Å². The maximum atomic E-state index is 13.8. The number of hydrogen-bond acceptors (Lipinski definition) is 6. The van der Waals surface area contributed by atoms with Gasteiger partial charge in [-0.15, -0.1) is 0 Å². The molecule has 1 aromatic heterocycles. The van der Waals surface area contributed by atoms with E-state index in [1.165, 1.54) is 6.07 Å². The van der Waals surface area contributed by atoms with E-state index in [-0.39, 0.29) is 16.4 Å². The maximum absolute atomic E-state index is 13.8. The first kappa shape index (κ1) is 22.7. The van der Waals surface area contributed by atoms with Gasteiger partial charge in [-0.2, -0.15) is 0 Å². The zero-order chi connectivity index (χ0) is 23.9. The second kappa shape index (κ2) is 8.60. The molecule has 0 radical (unpaired) electrons. The number of hydrogen-bond donors (Lipinski definition) is 1. The van der Waals surface area contributed by atoms with E-state index < -0.39 is 15.4 Å². The first-order valence-electron chi connectivity index (χ1n) is 11.6. The average Bonchev–Trinajstić information content (AvgIpc) is 3.29. The summed E-state index contributed by atoms with van der Waals surface area (Å²) >= 11 is 0. The van der Waals surface area contributed by atoms with Gasteiger partial charge >= 0.3 is 0 Å². The van der Waals surface area contributed by atoms with Crippen molar-refractivity contribution in [1.82, 2.24) is 9.88 Å². The Morgan fingerprint density at radius 3 is 2.62 bits per heavy atom. The van der Waals surface area contributed by atoms with E-state index in [1.807, 2.05) is 47.9 Å². The third-order valence-electron chi connectivity index (χ3n) is 6.47. The summed E-state index contributed by atoms with van der Waals surface area (Å²) in [5.74, 6) is 0.756. The second-order valence-electron chi connectivity index (χ2n) is 8.86. The van der Waals surface area contributed by atoms with Gasteiger partial charge in [-0.25, -0.2) is 8.42 Å². The van der Waals surface area contributed by atoms with E-state index in [0.717, 1.165) is 55.7 Å². The quantitative estimate of drug-likeness (QED) is 0.539. The average molecular weight is 481 g/mol. The lowest BCUT2D eigenvalue weighted by atomic mass is 9.87. The maximum Gasteiger partial charge on any atom is 0.209 e. The Morgan fingerprint density at radius 1 is 1.12 bits per heavy atom. The molecule has 1 spiro atoms. The van der Waals surface area contributed by atoms with Crippen LogP contribution in [0.4, 0.5) is 0 Å². The van der Waals surface area contributed by atoms with Crippen LogP contribution in [0.3, 0.4) is 0 Å². The molecular weight excluding hydrogens is 452 g/mol. The number of rotatable bonds is 6. The Kier molecular flexibility index (Phi) is 5.73. The summed E-state index contributed by atoms with van der Waals surface area (Å²) in [5.41, 5.74) is 2.02. The summed E-state index contributed by atoms with van der Waals surface area (Å²) in [6.45, 7) is 4.00. The molecule has 2 aliphatic rings. The third-order valence-corrected chi connectivity index (χ3v) is 7.59. The molecule has 0 unspecified atom stereocenters. The molecular formula is C26H28N2O5S. The number of sulfone groups is 1. The van der Waals surface area contributed by atoms with E-state index in [9.17, 15) is 13.2 Å². The fourth-order valence-electron chi connectivity index (χ4n) is 4.83. The Balaban J connectivity index is 1.62. The van der Waals surface area contributed by atoms with Crippen LogP contribution in [0.15, 0.2) is 59.5 Å². The largest absolute Gasteiger partial charge is 0.492 e. The van der Waals surface area contributed by atoms with Crippen LogP contribution >= 0.6 is 0 Å². The van der Waals surface area contributed by atoms with E-state index in [0.29, 0.717) is 17.9 Å². The number of piperidine rings is 1. The molecule has 178 valence electrons. The smallest absolute Gasteiger partial charge is 0.209 e. The van der Waals surface area contributed by atoms with Gasteiger partial charge in [0.25, 0.3) is 0 Å². The second-order valence-corrected chi connectivity index (χ2v) is 10.8. The number of para-hydroxylation sites is 2. The molecule has 0 atom stereocenters. The molecule has 2 aliphatic heterocycles. The zero-order valence-corrected chi connectivity index (χ0v) is 20.2. The molecule has 7 nitrogen and oxygen atoms in total. The van der Waals surface area contributed by atoms with Crippen LogP contribution in [-0.4, -0.2) is 44.7 Å². The number of carbonyl (C=O) groups excluding carboxylic acids is 1. The highest BCUT2D eigenvalue weighted by Crippen LogP contribution is 2.45. The highest BCUT2D eigenvalue weighted by molar-refractivity contribution is 7.90. The van der Waals surface area contributed by atoms with Gasteiger partial charge in [0, 0.05) is 24.7 Å². The highest BCUT2D eigenvalue weighted by Gasteiger charge is 2.43. The van der Waals surface area contributed by atoms with Crippen LogP contribution in [0, 0.1) is 0 Å². The summed E-state index contributed by atoms with van der Waals surface area (Å²) in [7, 11) is -3.59. The van der Waals surface area contributed by atoms with Gasteiger partial charge in [0.05, 0.1) is 23.7 Å². The Hall–Kier alpha value is -3.10. The Labute approximate surface area is 199 Å². The lowest BCUT2D eigenvalue weighted by Gasteiger charge is -2.42. The normalized spacial score (nSPS) is 16.4. The SMILES string of the molecule is CCCOc1ccc(C(=O)c2ccc3n2-c2ccccc2OC32CCNCC2)cc1S(C)(=O)=O. The number of fused-ring (bicyclic) bond motifs is 4. The van der Waals surface area contributed by atoms with Gasteiger partial charge in [0.2, 0.25) is 5.78 Å². The molecule has 0 amide bonds. The summed E-state index contributed by atoms with van der Waals surface area (Å²) in [6, 6.07) is 16.1. The first-order chi connectivity index (χ1) is 16.3. The molecule has 0 aliphatic carbocycles.